The molecular weight excluding hydrogens is 451 g/mol. The first-order valence-corrected chi connectivity index (χ1v) is 10.1. The third-order valence-corrected chi connectivity index (χ3v) is 5.04. The number of hydrogen-bond donors (Lipinski definition) is 1. The van der Waals surface area contributed by atoms with E-state index in [-0.39, 0.29) is 18.1 Å². The van der Waals surface area contributed by atoms with E-state index in [1.807, 2.05) is 0 Å². The molecule has 0 spiro atoms. The lowest BCUT2D eigenvalue weighted by Gasteiger charge is -2.04. The van der Waals surface area contributed by atoms with Gasteiger partial charge in [0.05, 0.1) is 5.56 Å². The van der Waals surface area contributed by atoms with Crippen LogP contribution in [0.25, 0.3) is 28.5 Å². The number of benzene rings is 2. The molecule has 0 fully saturated rings. The van der Waals surface area contributed by atoms with Crippen molar-refractivity contribution in [2.75, 3.05) is 5.32 Å². The van der Waals surface area contributed by atoms with Crippen LogP contribution in [0.4, 0.5) is 10.1 Å². The van der Waals surface area contributed by atoms with Crippen LogP contribution in [-0.2, 0) is 11.3 Å². The van der Waals surface area contributed by atoms with E-state index in [2.05, 4.69) is 20.6 Å². The van der Waals surface area contributed by atoms with E-state index in [0.717, 1.165) is 4.68 Å². The van der Waals surface area contributed by atoms with Gasteiger partial charge in [-0.15, -0.1) is 5.10 Å². The number of nitrogens with zero attached hydrogens (tertiary/aromatic N) is 5. The van der Waals surface area contributed by atoms with Crippen molar-refractivity contribution in [3.63, 3.8) is 0 Å². The fraction of sp³-hybridized carbons (Fsp3) is 0.0455. The average molecular weight is 465 g/mol. The van der Waals surface area contributed by atoms with Gasteiger partial charge in [-0.25, -0.2) is 18.3 Å². The second kappa shape index (κ2) is 8.32. The summed E-state index contributed by atoms with van der Waals surface area (Å²) in [5.74, 6) is -0.392. The second-order valence-corrected chi connectivity index (χ2v) is 7.48. The number of carbonyl (C=O) groups excluding carboxylic acids is 1. The molecule has 0 aliphatic heterocycles. The summed E-state index contributed by atoms with van der Waals surface area (Å²) in [7, 11) is 0. The van der Waals surface area contributed by atoms with E-state index in [4.69, 9.17) is 16.1 Å². The lowest BCUT2D eigenvalue weighted by Crippen LogP contribution is -2.28. The molecule has 3 heterocycles. The molecule has 2 aromatic carbocycles. The van der Waals surface area contributed by atoms with Gasteiger partial charge in [0.1, 0.15) is 12.4 Å². The van der Waals surface area contributed by atoms with E-state index < -0.39 is 17.4 Å². The van der Waals surface area contributed by atoms with Gasteiger partial charge in [0, 0.05) is 22.5 Å². The highest BCUT2D eigenvalue weighted by Gasteiger charge is 2.18. The van der Waals surface area contributed by atoms with Crippen molar-refractivity contribution in [1.82, 2.24) is 24.3 Å². The highest BCUT2D eigenvalue weighted by atomic mass is 35.5. The van der Waals surface area contributed by atoms with Crippen molar-refractivity contribution >= 4 is 28.8 Å². The van der Waals surface area contributed by atoms with E-state index in [1.54, 1.807) is 36.4 Å². The van der Waals surface area contributed by atoms with Gasteiger partial charge in [-0.05, 0) is 60.7 Å². The highest BCUT2D eigenvalue weighted by molar-refractivity contribution is 6.30. The lowest BCUT2D eigenvalue weighted by molar-refractivity contribution is -0.117. The van der Waals surface area contributed by atoms with Gasteiger partial charge in [-0.1, -0.05) is 16.8 Å². The molecule has 0 saturated heterocycles. The molecule has 0 saturated carbocycles. The van der Waals surface area contributed by atoms with Crippen LogP contribution in [0.3, 0.4) is 0 Å². The van der Waals surface area contributed by atoms with Gasteiger partial charge in [-0.2, -0.15) is 4.98 Å². The molecule has 5 rings (SSSR count). The summed E-state index contributed by atoms with van der Waals surface area (Å²) in [6.07, 6.45) is 1.53. The Bertz CT molecular complexity index is 1520. The van der Waals surface area contributed by atoms with Crippen LogP contribution in [0.5, 0.6) is 0 Å². The summed E-state index contributed by atoms with van der Waals surface area (Å²) < 4.78 is 20.7. The molecule has 0 aliphatic rings. The number of halogens is 2. The molecule has 0 aliphatic carbocycles. The number of nitrogens with one attached hydrogen (secondary N) is 1. The number of aromatic nitrogens is 5. The van der Waals surface area contributed by atoms with Crippen molar-refractivity contribution in [3.8, 4) is 22.8 Å². The smallest absolute Gasteiger partial charge is 0.333 e. The van der Waals surface area contributed by atoms with Crippen molar-refractivity contribution in [2.24, 2.45) is 0 Å². The number of carbonyl (C=O) groups is 1. The van der Waals surface area contributed by atoms with Gasteiger partial charge >= 0.3 is 5.69 Å². The molecule has 1 N–H and O–H groups in total. The molecule has 0 atom stereocenters. The summed E-state index contributed by atoms with van der Waals surface area (Å²) in [4.78, 5) is 29.5. The molecule has 164 valence electrons. The summed E-state index contributed by atoms with van der Waals surface area (Å²) in [5.41, 5.74) is 1.28. The van der Waals surface area contributed by atoms with Crippen LogP contribution in [0.1, 0.15) is 0 Å². The Labute approximate surface area is 190 Å². The minimum absolute atomic E-state index is 0.165. The fourth-order valence-corrected chi connectivity index (χ4v) is 3.35. The summed E-state index contributed by atoms with van der Waals surface area (Å²) in [6, 6.07) is 15.6. The molecule has 0 radical (unpaired) electrons. The Morgan fingerprint density at radius 2 is 1.85 bits per heavy atom. The normalized spacial score (nSPS) is 11.1. The maximum Gasteiger partial charge on any atom is 0.350 e. The number of anilines is 1. The number of rotatable bonds is 5. The van der Waals surface area contributed by atoms with Crippen molar-refractivity contribution in [2.45, 2.75) is 6.54 Å². The van der Waals surface area contributed by atoms with Gasteiger partial charge in [0.2, 0.25) is 11.7 Å². The minimum Gasteiger partial charge on any atom is -0.333 e. The van der Waals surface area contributed by atoms with Crippen LogP contribution in [0, 0.1) is 5.82 Å². The zero-order chi connectivity index (χ0) is 22.9. The van der Waals surface area contributed by atoms with E-state index in [0.29, 0.717) is 27.7 Å². The summed E-state index contributed by atoms with van der Waals surface area (Å²) in [6.45, 7) is -0.336. The Morgan fingerprint density at radius 3 is 2.61 bits per heavy atom. The Kier molecular flexibility index (Phi) is 5.19. The predicted molar refractivity (Wildman–Crippen MR) is 118 cm³/mol. The van der Waals surface area contributed by atoms with Crippen LogP contribution >= 0.6 is 11.6 Å². The third kappa shape index (κ3) is 4.11. The zero-order valence-corrected chi connectivity index (χ0v) is 17.5. The summed E-state index contributed by atoms with van der Waals surface area (Å²) in [5, 5.41) is 11.4. The van der Waals surface area contributed by atoms with E-state index in [9.17, 15) is 14.0 Å². The van der Waals surface area contributed by atoms with Gasteiger partial charge in [-0.3, -0.25) is 4.79 Å². The lowest BCUT2D eigenvalue weighted by atomic mass is 10.2. The molecule has 3 aromatic heterocycles. The summed E-state index contributed by atoms with van der Waals surface area (Å²) >= 11 is 5.92. The molecule has 0 bridgehead atoms. The molecule has 5 aromatic rings. The monoisotopic (exact) mass is 464 g/mol. The van der Waals surface area contributed by atoms with Crippen molar-refractivity contribution in [1.29, 1.82) is 0 Å². The zero-order valence-electron chi connectivity index (χ0n) is 16.8. The third-order valence-electron chi connectivity index (χ3n) is 4.79. The van der Waals surface area contributed by atoms with E-state index >= 15 is 0 Å². The van der Waals surface area contributed by atoms with Crippen LogP contribution in [-0.4, -0.2) is 30.2 Å². The van der Waals surface area contributed by atoms with Gasteiger partial charge in [0.15, 0.2) is 5.65 Å². The van der Waals surface area contributed by atoms with Crippen LogP contribution < -0.4 is 11.0 Å². The number of pyridine rings is 1. The topological polar surface area (TPSA) is 107 Å². The molecule has 11 heteroatoms. The highest BCUT2D eigenvalue weighted by Crippen LogP contribution is 2.25. The Balaban J connectivity index is 1.44. The number of amides is 1. The SMILES string of the molecule is O=C(Cn1nc2c(-c3nc(-c4ccc(Cl)cc4)no3)cccn2c1=O)Nc1ccc(F)cc1. The molecule has 0 unspecified atom stereocenters. The van der Waals surface area contributed by atoms with Crippen LogP contribution in [0.15, 0.2) is 76.2 Å². The first kappa shape index (κ1) is 20.6. The Hall–Kier alpha value is -4.31. The number of fused-ring (bicyclic) bond motifs is 1. The van der Waals surface area contributed by atoms with Crippen molar-refractivity contribution < 1.29 is 13.7 Å². The van der Waals surface area contributed by atoms with Crippen LogP contribution in [0.2, 0.25) is 5.02 Å². The Morgan fingerprint density at radius 1 is 1.09 bits per heavy atom. The molecule has 9 nitrogen and oxygen atoms in total. The maximum atomic E-state index is 13.0. The van der Waals surface area contributed by atoms with E-state index in [1.165, 1.54) is 34.9 Å². The van der Waals surface area contributed by atoms with Crippen molar-refractivity contribution in [3.05, 3.63) is 88.2 Å². The molecule has 33 heavy (non-hydrogen) atoms. The van der Waals surface area contributed by atoms with Gasteiger partial charge < -0.3 is 9.84 Å². The largest absolute Gasteiger partial charge is 0.350 e. The molecular formula is C22H14ClFN6O3. The maximum absolute atomic E-state index is 13.0. The van der Waals surface area contributed by atoms with Gasteiger partial charge in [0.25, 0.3) is 5.89 Å². The predicted octanol–water partition coefficient (Wildman–Crippen LogP) is 3.64. The first-order chi connectivity index (χ1) is 16.0. The first-order valence-electron chi connectivity index (χ1n) is 9.71. The molecule has 1 amide bonds. The minimum atomic E-state index is -0.515. The fourth-order valence-electron chi connectivity index (χ4n) is 3.23. The number of hydrogen-bond acceptors (Lipinski definition) is 6. The average Bonchev–Trinajstić information content (AvgIpc) is 3.41. The quantitative estimate of drug-likeness (QED) is 0.425. The second-order valence-electron chi connectivity index (χ2n) is 7.04. The standard InChI is InChI=1S/C22H14ClFN6O3/c23-14-5-3-13(4-6-14)19-26-21(33-28-19)17-2-1-11-29-20(17)27-30(22(29)32)12-18(31)25-16-9-7-15(24)8-10-16/h1-11H,12H2,(H,25,31).